The Labute approximate surface area is 122 Å². The van der Waals surface area contributed by atoms with Gasteiger partial charge in [-0.05, 0) is 32.0 Å². The Hall–Kier alpha value is -0.710. The van der Waals surface area contributed by atoms with Crippen molar-refractivity contribution >= 4 is 35.0 Å². The molecule has 1 aliphatic heterocycles. The first-order valence-corrected chi connectivity index (χ1v) is 7.93. The van der Waals surface area contributed by atoms with E-state index < -0.39 is 0 Å². The number of hydrogen-bond donors (Lipinski definition) is 2. The molecule has 0 bridgehead atoms. The highest BCUT2D eigenvalue weighted by molar-refractivity contribution is 8.00. The van der Waals surface area contributed by atoms with Gasteiger partial charge in [-0.3, -0.25) is 4.79 Å². The van der Waals surface area contributed by atoms with Gasteiger partial charge in [-0.2, -0.15) is 0 Å². The van der Waals surface area contributed by atoms with E-state index >= 15 is 0 Å². The lowest BCUT2D eigenvalue weighted by atomic mass is 10.1. The molecule has 1 fully saturated rings. The van der Waals surface area contributed by atoms with Crippen molar-refractivity contribution in [3.05, 3.63) is 22.7 Å². The molecule has 3 nitrogen and oxygen atoms in total. The first-order chi connectivity index (χ1) is 9.19. The summed E-state index contributed by atoms with van der Waals surface area (Å²) in [7, 11) is 1.79. The Balaban J connectivity index is 1.88. The summed E-state index contributed by atoms with van der Waals surface area (Å²) < 4.78 is 0. The van der Waals surface area contributed by atoms with Crippen molar-refractivity contribution < 1.29 is 4.79 Å². The summed E-state index contributed by atoms with van der Waals surface area (Å²) in [5.74, 6) is -0.00316. The molecule has 1 saturated carbocycles. The zero-order valence-corrected chi connectivity index (χ0v) is 12.4. The Morgan fingerprint density at radius 3 is 2.79 bits per heavy atom. The SMILES string of the molecule is CNC1C(=O)Nc2cc(SC3CCCC3)c(Cl)cc21. The highest BCUT2D eigenvalue weighted by Crippen LogP contribution is 2.42. The number of carbonyl (C=O) groups is 1. The van der Waals surface area contributed by atoms with E-state index in [0.29, 0.717) is 5.25 Å². The number of thioether (sulfide) groups is 1. The van der Waals surface area contributed by atoms with E-state index in [9.17, 15) is 4.79 Å². The van der Waals surface area contributed by atoms with E-state index in [2.05, 4.69) is 10.6 Å². The maximum Gasteiger partial charge on any atom is 0.246 e. The average Bonchev–Trinajstić information content (AvgIpc) is 2.97. The van der Waals surface area contributed by atoms with Gasteiger partial charge in [0.2, 0.25) is 5.91 Å². The molecule has 2 aliphatic rings. The quantitative estimate of drug-likeness (QED) is 0.895. The average molecular weight is 297 g/mol. The highest BCUT2D eigenvalue weighted by atomic mass is 35.5. The van der Waals surface area contributed by atoms with E-state index in [-0.39, 0.29) is 11.9 Å². The van der Waals surface area contributed by atoms with Crippen molar-refractivity contribution in [3.63, 3.8) is 0 Å². The predicted octanol–water partition coefficient (Wildman–Crippen LogP) is 3.59. The summed E-state index contributed by atoms with van der Waals surface area (Å²) in [6.07, 6.45) is 5.17. The summed E-state index contributed by atoms with van der Waals surface area (Å²) in [5.41, 5.74) is 1.85. The Morgan fingerprint density at radius 2 is 2.11 bits per heavy atom. The van der Waals surface area contributed by atoms with Crippen LogP contribution in [0.4, 0.5) is 5.69 Å². The van der Waals surface area contributed by atoms with Crippen LogP contribution in [0, 0.1) is 0 Å². The van der Waals surface area contributed by atoms with Gasteiger partial charge in [-0.1, -0.05) is 24.4 Å². The van der Waals surface area contributed by atoms with Gasteiger partial charge in [0.05, 0.1) is 5.02 Å². The Bertz CT molecular complexity index is 514. The van der Waals surface area contributed by atoms with Crippen LogP contribution >= 0.6 is 23.4 Å². The van der Waals surface area contributed by atoms with Crippen LogP contribution in [-0.2, 0) is 4.79 Å². The number of fused-ring (bicyclic) bond motifs is 1. The van der Waals surface area contributed by atoms with Crippen molar-refractivity contribution in [2.75, 3.05) is 12.4 Å². The largest absolute Gasteiger partial charge is 0.324 e. The second kappa shape index (κ2) is 5.35. The maximum absolute atomic E-state index is 11.8. The summed E-state index contributed by atoms with van der Waals surface area (Å²) in [6, 6.07) is 3.67. The zero-order chi connectivity index (χ0) is 13.4. The third kappa shape index (κ3) is 2.49. The number of amides is 1. The lowest BCUT2D eigenvalue weighted by molar-refractivity contribution is -0.117. The van der Waals surface area contributed by atoms with Crippen LogP contribution in [0.5, 0.6) is 0 Å². The van der Waals surface area contributed by atoms with Gasteiger partial charge < -0.3 is 10.6 Å². The summed E-state index contributed by atoms with van der Waals surface area (Å²) in [4.78, 5) is 12.9. The van der Waals surface area contributed by atoms with Crippen molar-refractivity contribution in [3.8, 4) is 0 Å². The number of carbonyl (C=O) groups excluding carboxylic acids is 1. The van der Waals surface area contributed by atoms with Crippen LogP contribution in [-0.4, -0.2) is 18.2 Å². The van der Waals surface area contributed by atoms with E-state index in [4.69, 9.17) is 11.6 Å². The van der Waals surface area contributed by atoms with Crippen LogP contribution in [0.3, 0.4) is 0 Å². The summed E-state index contributed by atoms with van der Waals surface area (Å²) in [6.45, 7) is 0. The van der Waals surface area contributed by atoms with Gasteiger partial charge in [0, 0.05) is 21.4 Å². The Morgan fingerprint density at radius 1 is 1.37 bits per heavy atom. The van der Waals surface area contributed by atoms with Crippen molar-refractivity contribution in [2.45, 2.75) is 41.9 Å². The second-order valence-corrected chi connectivity index (χ2v) is 6.85. The summed E-state index contributed by atoms with van der Waals surface area (Å²) in [5, 5.41) is 7.36. The van der Waals surface area contributed by atoms with Crippen LogP contribution in [0.15, 0.2) is 17.0 Å². The summed E-state index contributed by atoms with van der Waals surface area (Å²) >= 11 is 8.22. The van der Waals surface area contributed by atoms with Gasteiger partial charge in [0.1, 0.15) is 6.04 Å². The molecule has 1 aromatic rings. The minimum absolute atomic E-state index is 0.00316. The molecule has 1 amide bonds. The smallest absolute Gasteiger partial charge is 0.246 e. The van der Waals surface area contributed by atoms with Gasteiger partial charge in [-0.15, -0.1) is 11.8 Å². The predicted molar refractivity (Wildman–Crippen MR) is 80.0 cm³/mol. The number of likely N-dealkylation sites (N-methyl/N-ethyl adjacent to an activating group) is 1. The van der Waals surface area contributed by atoms with E-state index in [1.807, 2.05) is 23.9 Å². The van der Waals surface area contributed by atoms with Gasteiger partial charge >= 0.3 is 0 Å². The molecule has 0 aromatic heterocycles. The fourth-order valence-corrected chi connectivity index (χ4v) is 4.42. The number of rotatable bonds is 3. The number of hydrogen-bond acceptors (Lipinski definition) is 3. The lowest BCUT2D eigenvalue weighted by Crippen LogP contribution is -2.23. The molecule has 3 rings (SSSR count). The van der Waals surface area contributed by atoms with E-state index in [1.54, 1.807) is 7.05 Å². The topological polar surface area (TPSA) is 41.1 Å². The fraction of sp³-hybridized carbons (Fsp3) is 0.500. The molecule has 1 heterocycles. The van der Waals surface area contributed by atoms with Gasteiger partial charge in [-0.25, -0.2) is 0 Å². The van der Waals surface area contributed by atoms with Crippen molar-refractivity contribution in [2.24, 2.45) is 0 Å². The number of halogens is 1. The minimum Gasteiger partial charge on any atom is -0.324 e. The van der Waals surface area contributed by atoms with Crippen LogP contribution < -0.4 is 10.6 Å². The van der Waals surface area contributed by atoms with Crippen LogP contribution in [0.1, 0.15) is 37.3 Å². The maximum atomic E-state index is 11.8. The monoisotopic (exact) mass is 296 g/mol. The molecule has 1 aliphatic carbocycles. The Kier molecular flexibility index (Phi) is 3.74. The lowest BCUT2D eigenvalue weighted by Gasteiger charge is -2.13. The van der Waals surface area contributed by atoms with Crippen LogP contribution in [0.25, 0.3) is 0 Å². The van der Waals surface area contributed by atoms with Crippen LogP contribution in [0.2, 0.25) is 5.02 Å². The van der Waals surface area contributed by atoms with Crippen molar-refractivity contribution in [1.82, 2.24) is 5.32 Å². The first kappa shape index (κ1) is 13.3. The number of anilines is 1. The molecule has 0 spiro atoms. The molecular weight excluding hydrogens is 280 g/mol. The van der Waals surface area contributed by atoms with E-state index in [0.717, 1.165) is 21.2 Å². The molecule has 19 heavy (non-hydrogen) atoms. The fourth-order valence-electron chi connectivity index (χ4n) is 2.82. The van der Waals surface area contributed by atoms with Gasteiger partial charge in [0.25, 0.3) is 0 Å². The van der Waals surface area contributed by atoms with Crippen molar-refractivity contribution in [1.29, 1.82) is 0 Å². The molecule has 0 saturated heterocycles. The molecule has 1 aromatic carbocycles. The highest BCUT2D eigenvalue weighted by Gasteiger charge is 2.30. The second-order valence-electron chi connectivity index (χ2n) is 5.11. The third-order valence-corrected chi connectivity index (χ3v) is 5.64. The number of benzene rings is 1. The molecular formula is C14H17ClN2OS. The number of nitrogens with one attached hydrogen (secondary N) is 2. The molecule has 1 unspecified atom stereocenters. The molecule has 102 valence electrons. The van der Waals surface area contributed by atoms with Gasteiger partial charge in [0.15, 0.2) is 0 Å². The first-order valence-electron chi connectivity index (χ1n) is 6.67. The van der Waals surface area contributed by atoms with E-state index in [1.165, 1.54) is 25.7 Å². The molecule has 1 atom stereocenters. The molecule has 0 radical (unpaired) electrons. The minimum atomic E-state index is -0.280. The molecule has 5 heteroatoms. The third-order valence-electron chi connectivity index (χ3n) is 3.82. The zero-order valence-electron chi connectivity index (χ0n) is 10.8. The standard InChI is InChI=1S/C14H17ClN2OS/c1-16-13-9-6-10(15)12(7-11(9)17-14(13)18)19-8-4-2-3-5-8/h6-8,13,16H,2-5H2,1H3,(H,17,18). The molecule has 2 N–H and O–H groups in total. The normalized spacial score (nSPS) is 22.6.